The van der Waals surface area contributed by atoms with Gasteiger partial charge >= 0.3 is 0 Å². The van der Waals surface area contributed by atoms with Crippen molar-refractivity contribution in [1.29, 1.82) is 0 Å². The number of carbonyl (C=O) groups excluding carboxylic acids is 1. The first-order valence-electron chi connectivity index (χ1n) is 25.7. The molecule has 7 unspecified atom stereocenters. The van der Waals surface area contributed by atoms with E-state index in [9.17, 15) is 30.3 Å². The number of unbranched alkanes of at least 4 members (excludes halogenated alkanes) is 29. The number of hydrogen-bond acceptors (Lipinski definition) is 8. The molecule has 6 N–H and O–H groups in total. The van der Waals surface area contributed by atoms with Crippen molar-refractivity contribution < 1.29 is 39.8 Å². The normalized spacial score (nSPS) is 20.7. The van der Waals surface area contributed by atoms with Gasteiger partial charge in [0.2, 0.25) is 5.91 Å². The van der Waals surface area contributed by atoms with E-state index in [1.165, 1.54) is 154 Å². The lowest BCUT2D eigenvalue weighted by Crippen LogP contribution is -2.60. The lowest BCUT2D eigenvalue weighted by molar-refractivity contribution is -0.302. The van der Waals surface area contributed by atoms with Crippen LogP contribution < -0.4 is 5.32 Å². The summed E-state index contributed by atoms with van der Waals surface area (Å²) in [6, 6.07) is -0.824. The average molecular weight is 864 g/mol. The second-order valence-electron chi connectivity index (χ2n) is 18.0. The standard InChI is InChI=1S/C52H97NO8/c1-3-5-7-9-11-13-15-17-18-19-20-21-22-23-24-25-26-27-28-29-30-31-33-35-37-39-41-46(55)45(44-60-52-51(59)50(58)49(57)47(43-54)61-52)53-48(56)42-40-38-36-34-32-16-14-12-10-8-6-4-2/h12,14,31,33,39,41,45-47,49-52,54-55,57-59H,3-11,13,15-30,32,34-38,40,42-44H2,1-2H3,(H,53,56)/b14-12-,33-31+,41-39+. The Labute approximate surface area is 374 Å². The van der Waals surface area contributed by atoms with Crippen LogP contribution in [0.15, 0.2) is 36.5 Å². The second kappa shape index (κ2) is 42.4. The van der Waals surface area contributed by atoms with Crippen molar-refractivity contribution in [3.8, 4) is 0 Å². The number of aliphatic hydroxyl groups excluding tert-OH is 5. The van der Waals surface area contributed by atoms with E-state index in [-0.39, 0.29) is 12.5 Å². The Morgan fingerprint density at radius 1 is 0.541 bits per heavy atom. The van der Waals surface area contributed by atoms with Crippen molar-refractivity contribution in [2.24, 2.45) is 0 Å². The number of hydrogen-bond donors (Lipinski definition) is 6. The number of carbonyl (C=O) groups is 1. The van der Waals surface area contributed by atoms with Crippen molar-refractivity contribution in [2.75, 3.05) is 13.2 Å². The molecule has 0 bridgehead atoms. The predicted molar refractivity (Wildman–Crippen MR) is 253 cm³/mol. The molecule has 0 saturated carbocycles. The summed E-state index contributed by atoms with van der Waals surface area (Å²) < 4.78 is 11.2. The Balaban J connectivity index is 2.26. The van der Waals surface area contributed by atoms with Gasteiger partial charge in [-0.2, -0.15) is 0 Å². The van der Waals surface area contributed by atoms with Crippen molar-refractivity contribution in [2.45, 2.75) is 275 Å². The molecule has 9 nitrogen and oxygen atoms in total. The van der Waals surface area contributed by atoms with Crippen LogP contribution in [0.1, 0.15) is 232 Å². The van der Waals surface area contributed by atoms with Gasteiger partial charge in [0, 0.05) is 6.42 Å². The highest BCUT2D eigenvalue weighted by Crippen LogP contribution is 2.23. The largest absolute Gasteiger partial charge is 0.394 e. The summed E-state index contributed by atoms with van der Waals surface area (Å²) in [5, 5.41) is 54.2. The fourth-order valence-electron chi connectivity index (χ4n) is 8.05. The van der Waals surface area contributed by atoms with Crippen molar-refractivity contribution in [3.05, 3.63) is 36.5 Å². The molecule has 358 valence electrons. The third kappa shape index (κ3) is 32.7. The molecule has 1 fully saturated rings. The number of aliphatic hydroxyl groups is 5. The summed E-state index contributed by atoms with van der Waals surface area (Å²) in [4.78, 5) is 12.9. The fraction of sp³-hybridized carbons (Fsp3) is 0.865. The Hall–Kier alpha value is -1.59. The molecule has 0 aromatic rings. The zero-order valence-electron chi connectivity index (χ0n) is 39.4. The Morgan fingerprint density at radius 3 is 1.41 bits per heavy atom. The monoisotopic (exact) mass is 864 g/mol. The maximum absolute atomic E-state index is 12.9. The van der Waals surface area contributed by atoms with E-state index in [2.05, 4.69) is 43.5 Å². The quantitative estimate of drug-likeness (QED) is 0.0262. The second-order valence-corrected chi connectivity index (χ2v) is 18.0. The molecule has 0 spiro atoms. The van der Waals surface area contributed by atoms with Crippen LogP contribution in [-0.2, 0) is 14.3 Å². The van der Waals surface area contributed by atoms with Crippen LogP contribution in [0.3, 0.4) is 0 Å². The average Bonchev–Trinajstić information content (AvgIpc) is 3.26. The van der Waals surface area contributed by atoms with Crippen LogP contribution in [0.5, 0.6) is 0 Å². The number of amides is 1. The molecule has 1 saturated heterocycles. The van der Waals surface area contributed by atoms with E-state index < -0.39 is 49.5 Å². The van der Waals surface area contributed by atoms with Crippen LogP contribution in [0.25, 0.3) is 0 Å². The molecule has 0 radical (unpaired) electrons. The highest BCUT2D eigenvalue weighted by atomic mass is 16.7. The zero-order chi connectivity index (χ0) is 44.4. The van der Waals surface area contributed by atoms with Gasteiger partial charge in [-0.1, -0.05) is 204 Å². The van der Waals surface area contributed by atoms with Crippen molar-refractivity contribution in [1.82, 2.24) is 5.32 Å². The van der Waals surface area contributed by atoms with Gasteiger partial charge in [0.05, 0.1) is 25.4 Å². The molecule has 9 heteroatoms. The van der Waals surface area contributed by atoms with E-state index in [4.69, 9.17) is 9.47 Å². The SMILES string of the molecule is CCCCC/C=C\CCCCCCCC(=O)NC(COC1OC(CO)C(O)C(O)C1O)C(O)/C=C/CC/C=C/CCCCCCCCCCCCCCCCCCCCCC. The van der Waals surface area contributed by atoms with Gasteiger partial charge in [0.15, 0.2) is 6.29 Å². The molecular formula is C52H97NO8. The van der Waals surface area contributed by atoms with E-state index in [1.54, 1.807) is 6.08 Å². The van der Waals surface area contributed by atoms with Gasteiger partial charge in [0.25, 0.3) is 0 Å². The summed E-state index contributed by atoms with van der Waals surface area (Å²) in [6.07, 6.45) is 46.4. The zero-order valence-corrected chi connectivity index (χ0v) is 39.4. The minimum absolute atomic E-state index is 0.196. The molecule has 0 aromatic carbocycles. The number of allylic oxidation sites excluding steroid dienone is 5. The van der Waals surface area contributed by atoms with Gasteiger partial charge in [-0.15, -0.1) is 0 Å². The Morgan fingerprint density at radius 2 is 0.934 bits per heavy atom. The summed E-state index contributed by atoms with van der Waals surface area (Å²) >= 11 is 0. The summed E-state index contributed by atoms with van der Waals surface area (Å²) in [5.74, 6) is -0.196. The first kappa shape index (κ1) is 57.4. The molecule has 61 heavy (non-hydrogen) atoms. The van der Waals surface area contributed by atoms with Crippen LogP contribution in [-0.4, -0.2) is 87.5 Å². The summed E-state index contributed by atoms with van der Waals surface area (Å²) in [6.45, 7) is 3.74. The molecule has 0 aromatic heterocycles. The molecule has 7 atom stereocenters. The van der Waals surface area contributed by atoms with Crippen molar-refractivity contribution in [3.63, 3.8) is 0 Å². The molecule has 1 aliphatic heterocycles. The number of ether oxygens (including phenoxy) is 2. The molecule has 0 aliphatic carbocycles. The first-order valence-corrected chi connectivity index (χ1v) is 25.7. The topological polar surface area (TPSA) is 149 Å². The van der Waals surface area contributed by atoms with Crippen LogP contribution in [0, 0.1) is 0 Å². The van der Waals surface area contributed by atoms with E-state index >= 15 is 0 Å². The number of nitrogens with one attached hydrogen (secondary N) is 1. The summed E-state index contributed by atoms with van der Waals surface area (Å²) in [5.41, 5.74) is 0. The minimum Gasteiger partial charge on any atom is -0.394 e. The van der Waals surface area contributed by atoms with Crippen LogP contribution in [0.2, 0.25) is 0 Å². The Kier molecular flexibility index (Phi) is 39.9. The third-order valence-corrected chi connectivity index (χ3v) is 12.2. The smallest absolute Gasteiger partial charge is 0.220 e. The van der Waals surface area contributed by atoms with Crippen LogP contribution >= 0.6 is 0 Å². The number of rotatable bonds is 43. The van der Waals surface area contributed by atoms with Gasteiger partial charge < -0.3 is 40.3 Å². The highest BCUT2D eigenvalue weighted by Gasteiger charge is 2.44. The van der Waals surface area contributed by atoms with Gasteiger partial charge in [0.1, 0.15) is 24.4 Å². The molecular weight excluding hydrogens is 767 g/mol. The Bertz CT molecular complexity index is 1050. The van der Waals surface area contributed by atoms with Gasteiger partial charge in [-0.05, 0) is 57.8 Å². The highest BCUT2D eigenvalue weighted by molar-refractivity contribution is 5.76. The maximum atomic E-state index is 12.9. The molecule has 1 aliphatic rings. The lowest BCUT2D eigenvalue weighted by Gasteiger charge is -2.40. The maximum Gasteiger partial charge on any atom is 0.220 e. The summed E-state index contributed by atoms with van der Waals surface area (Å²) in [7, 11) is 0. The third-order valence-electron chi connectivity index (χ3n) is 12.2. The van der Waals surface area contributed by atoms with Crippen molar-refractivity contribution >= 4 is 5.91 Å². The molecule has 1 amide bonds. The van der Waals surface area contributed by atoms with E-state index in [0.29, 0.717) is 6.42 Å². The predicted octanol–water partition coefficient (Wildman–Crippen LogP) is 11.6. The van der Waals surface area contributed by atoms with E-state index in [0.717, 1.165) is 57.8 Å². The lowest BCUT2D eigenvalue weighted by atomic mass is 9.99. The fourth-order valence-corrected chi connectivity index (χ4v) is 8.05. The molecule has 1 heterocycles. The van der Waals surface area contributed by atoms with Crippen LogP contribution in [0.4, 0.5) is 0 Å². The first-order chi connectivity index (χ1) is 29.8. The minimum atomic E-state index is -1.57. The van der Waals surface area contributed by atoms with E-state index in [1.807, 2.05) is 6.08 Å². The van der Waals surface area contributed by atoms with Gasteiger partial charge in [-0.25, -0.2) is 0 Å². The van der Waals surface area contributed by atoms with Gasteiger partial charge in [-0.3, -0.25) is 4.79 Å². The molecule has 1 rings (SSSR count).